The number of benzene rings is 2. The summed E-state index contributed by atoms with van der Waals surface area (Å²) in [5.74, 6) is 0.671. The van der Waals surface area contributed by atoms with E-state index in [4.69, 9.17) is 4.74 Å². The van der Waals surface area contributed by atoms with Gasteiger partial charge in [0, 0.05) is 10.2 Å². The highest BCUT2D eigenvalue weighted by molar-refractivity contribution is 9.10. The Hall–Kier alpha value is -1.53. The lowest BCUT2D eigenvalue weighted by Gasteiger charge is -2.10. The highest BCUT2D eigenvalue weighted by Gasteiger charge is 2.17. The number of anilines is 1. The molecule has 4 nitrogen and oxygen atoms in total. The van der Waals surface area contributed by atoms with Crippen LogP contribution in [0, 0.1) is 6.92 Å². The molecule has 0 heterocycles. The van der Waals surface area contributed by atoms with Crippen molar-refractivity contribution >= 4 is 31.6 Å². The third-order valence-corrected chi connectivity index (χ3v) is 5.08. The molecular formula is C14H14BrNO3S. The number of sulfonamides is 1. The maximum absolute atomic E-state index is 12.3. The van der Waals surface area contributed by atoms with Crippen molar-refractivity contribution in [3.05, 3.63) is 52.5 Å². The average molecular weight is 356 g/mol. The molecule has 0 aliphatic heterocycles. The Balaban J connectivity index is 2.30. The van der Waals surface area contributed by atoms with Crippen LogP contribution in [-0.2, 0) is 10.0 Å². The van der Waals surface area contributed by atoms with Crippen molar-refractivity contribution in [2.75, 3.05) is 11.8 Å². The molecule has 0 bridgehead atoms. The zero-order valence-corrected chi connectivity index (χ0v) is 13.5. The first-order valence-corrected chi connectivity index (χ1v) is 8.13. The fourth-order valence-electron chi connectivity index (χ4n) is 1.69. The molecule has 0 amide bonds. The van der Waals surface area contributed by atoms with Gasteiger partial charge in [-0.05, 0) is 64.8 Å². The maximum atomic E-state index is 12.3. The normalized spacial score (nSPS) is 11.2. The average Bonchev–Trinajstić information content (AvgIpc) is 2.38. The predicted octanol–water partition coefficient (Wildman–Crippen LogP) is 3.57. The van der Waals surface area contributed by atoms with E-state index in [1.54, 1.807) is 49.6 Å². The van der Waals surface area contributed by atoms with Gasteiger partial charge < -0.3 is 4.74 Å². The summed E-state index contributed by atoms with van der Waals surface area (Å²) in [4.78, 5) is 0.207. The quantitative estimate of drug-likeness (QED) is 0.911. The van der Waals surface area contributed by atoms with Gasteiger partial charge in [0.25, 0.3) is 10.0 Å². The third kappa shape index (κ3) is 3.32. The molecule has 6 heteroatoms. The van der Waals surface area contributed by atoms with Crippen molar-refractivity contribution in [3.63, 3.8) is 0 Å². The first-order valence-electron chi connectivity index (χ1n) is 5.85. The van der Waals surface area contributed by atoms with E-state index in [-0.39, 0.29) is 4.90 Å². The number of halogens is 1. The Kier molecular flexibility index (Phi) is 4.35. The van der Waals surface area contributed by atoms with Crippen LogP contribution in [0.25, 0.3) is 0 Å². The Morgan fingerprint density at radius 1 is 1.10 bits per heavy atom. The molecule has 0 aliphatic carbocycles. The Morgan fingerprint density at radius 2 is 1.75 bits per heavy atom. The van der Waals surface area contributed by atoms with Crippen molar-refractivity contribution in [3.8, 4) is 5.75 Å². The van der Waals surface area contributed by atoms with E-state index in [1.807, 2.05) is 6.92 Å². The highest BCUT2D eigenvalue weighted by atomic mass is 79.9. The molecule has 1 N–H and O–H groups in total. The van der Waals surface area contributed by atoms with Crippen LogP contribution < -0.4 is 9.46 Å². The zero-order valence-electron chi connectivity index (χ0n) is 11.1. The van der Waals surface area contributed by atoms with Crippen LogP contribution in [0.2, 0.25) is 0 Å². The molecule has 0 aliphatic rings. The molecule has 0 spiro atoms. The van der Waals surface area contributed by atoms with Crippen molar-refractivity contribution in [2.24, 2.45) is 0 Å². The van der Waals surface area contributed by atoms with Crippen LogP contribution >= 0.6 is 15.9 Å². The number of hydrogen-bond acceptors (Lipinski definition) is 3. The van der Waals surface area contributed by atoms with Gasteiger partial charge in [-0.1, -0.05) is 6.07 Å². The van der Waals surface area contributed by atoms with Crippen LogP contribution in [0.1, 0.15) is 5.56 Å². The minimum atomic E-state index is -3.62. The van der Waals surface area contributed by atoms with Gasteiger partial charge in [0.15, 0.2) is 0 Å². The van der Waals surface area contributed by atoms with E-state index in [9.17, 15) is 8.42 Å². The molecule has 0 saturated heterocycles. The second-order valence-corrected chi connectivity index (χ2v) is 6.77. The largest absolute Gasteiger partial charge is 0.497 e. The topological polar surface area (TPSA) is 55.4 Å². The molecule has 0 radical (unpaired) electrons. The summed E-state index contributed by atoms with van der Waals surface area (Å²) in [7, 11) is -2.06. The zero-order chi connectivity index (χ0) is 14.8. The van der Waals surface area contributed by atoms with Gasteiger partial charge in [-0.15, -0.1) is 0 Å². The van der Waals surface area contributed by atoms with E-state index in [0.29, 0.717) is 15.9 Å². The summed E-state index contributed by atoms with van der Waals surface area (Å²) in [6.07, 6.45) is 0. The maximum Gasteiger partial charge on any atom is 0.263 e. The fourth-order valence-corrected chi connectivity index (χ4v) is 3.94. The van der Waals surface area contributed by atoms with Gasteiger partial charge in [0.1, 0.15) is 10.6 Å². The Labute approximate surface area is 127 Å². The molecule has 20 heavy (non-hydrogen) atoms. The van der Waals surface area contributed by atoms with E-state index < -0.39 is 10.0 Å². The SMILES string of the molecule is COc1ccc(NS(=O)(=O)c2ccc(C)cc2Br)cc1. The predicted molar refractivity (Wildman–Crippen MR) is 82.7 cm³/mol. The number of nitrogens with one attached hydrogen (secondary N) is 1. The van der Waals surface area contributed by atoms with Crippen LogP contribution in [0.3, 0.4) is 0 Å². The Morgan fingerprint density at radius 3 is 2.30 bits per heavy atom. The lowest BCUT2D eigenvalue weighted by atomic mass is 10.2. The van der Waals surface area contributed by atoms with Gasteiger partial charge in [-0.2, -0.15) is 0 Å². The van der Waals surface area contributed by atoms with Gasteiger partial charge in [-0.3, -0.25) is 4.72 Å². The number of methoxy groups -OCH3 is 1. The summed E-state index contributed by atoms with van der Waals surface area (Å²) >= 11 is 3.28. The fraction of sp³-hybridized carbons (Fsp3) is 0.143. The minimum Gasteiger partial charge on any atom is -0.497 e. The van der Waals surface area contributed by atoms with Crippen molar-refractivity contribution in [2.45, 2.75) is 11.8 Å². The summed E-state index contributed by atoms with van der Waals surface area (Å²) < 4.78 is 32.7. The number of aryl methyl sites for hydroxylation is 1. The molecule has 0 fully saturated rings. The summed E-state index contributed by atoms with van der Waals surface area (Å²) in [6.45, 7) is 1.90. The molecule has 0 unspecified atom stereocenters. The van der Waals surface area contributed by atoms with Crippen molar-refractivity contribution < 1.29 is 13.2 Å². The minimum absolute atomic E-state index is 0.207. The highest BCUT2D eigenvalue weighted by Crippen LogP contribution is 2.25. The standard InChI is InChI=1S/C14H14BrNO3S/c1-10-3-8-14(13(15)9-10)20(17,18)16-11-4-6-12(19-2)7-5-11/h3-9,16H,1-2H3. The smallest absolute Gasteiger partial charge is 0.263 e. The van der Waals surface area contributed by atoms with Crippen molar-refractivity contribution in [1.82, 2.24) is 0 Å². The van der Waals surface area contributed by atoms with E-state index in [1.165, 1.54) is 0 Å². The van der Waals surface area contributed by atoms with Crippen LogP contribution in [-0.4, -0.2) is 15.5 Å². The molecule has 2 aromatic carbocycles. The number of rotatable bonds is 4. The molecule has 2 aromatic rings. The van der Waals surface area contributed by atoms with Gasteiger partial charge >= 0.3 is 0 Å². The second kappa shape index (κ2) is 5.85. The summed E-state index contributed by atoms with van der Waals surface area (Å²) in [5, 5.41) is 0. The van der Waals surface area contributed by atoms with Crippen LogP contribution in [0.15, 0.2) is 51.8 Å². The lowest BCUT2D eigenvalue weighted by molar-refractivity contribution is 0.415. The lowest BCUT2D eigenvalue weighted by Crippen LogP contribution is -2.13. The molecule has 0 atom stereocenters. The first kappa shape index (κ1) is 14.9. The molecule has 0 saturated carbocycles. The van der Waals surface area contributed by atoms with Crippen molar-refractivity contribution in [1.29, 1.82) is 0 Å². The Bertz CT molecular complexity index is 712. The summed E-state index contributed by atoms with van der Waals surface area (Å²) in [5.41, 5.74) is 1.47. The first-order chi connectivity index (χ1) is 9.42. The van der Waals surface area contributed by atoms with E-state index in [2.05, 4.69) is 20.7 Å². The van der Waals surface area contributed by atoms with Gasteiger partial charge in [0.05, 0.1) is 7.11 Å². The van der Waals surface area contributed by atoms with Crippen LogP contribution in [0.5, 0.6) is 5.75 Å². The second-order valence-electron chi connectivity index (χ2n) is 4.27. The van der Waals surface area contributed by atoms with E-state index >= 15 is 0 Å². The summed E-state index contributed by atoms with van der Waals surface area (Å²) in [6, 6.07) is 11.8. The van der Waals surface area contributed by atoms with Gasteiger partial charge in [0.2, 0.25) is 0 Å². The van der Waals surface area contributed by atoms with Crippen LogP contribution in [0.4, 0.5) is 5.69 Å². The third-order valence-electron chi connectivity index (χ3n) is 2.72. The molecule has 106 valence electrons. The molecule has 0 aromatic heterocycles. The monoisotopic (exact) mass is 355 g/mol. The van der Waals surface area contributed by atoms with Gasteiger partial charge in [-0.25, -0.2) is 8.42 Å². The number of ether oxygens (including phenoxy) is 1. The molecular weight excluding hydrogens is 342 g/mol. The van der Waals surface area contributed by atoms with E-state index in [0.717, 1.165) is 5.56 Å². The molecule has 2 rings (SSSR count). The number of hydrogen-bond donors (Lipinski definition) is 1.